The summed E-state index contributed by atoms with van der Waals surface area (Å²) in [6, 6.07) is 6.62. The lowest BCUT2D eigenvalue weighted by atomic mass is 10.1. The number of hydrogen-bond acceptors (Lipinski definition) is 5. The standard InChI is InChI=1S/C18H21F3N6O/c1-25(2)15-6-7-22-16(23-15)24-17(28)27-10-8-26(9-11-27)14-5-3-4-13(12-14)18(19,20)21/h3-7,12H,8-11H2,1-2H3,(H,22,23,24,28). The Morgan fingerprint density at radius 2 is 1.86 bits per heavy atom. The summed E-state index contributed by atoms with van der Waals surface area (Å²) >= 11 is 0. The van der Waals surface area contributed by atoms with E-state index in [0.717, 1.165) is 12.1 Å². The molecule has 0 radical (unpaired) electrons. The molecule has 10 heteroatoms. The molecule has 1 aliphatic heterocycles. The Hall–Kier alpha value is -3.04. The Balaban J connectivity index is 1.59. The highest BCUT2D eigenvalue weighted by Crippen LogP contribution is 2.31. The van der Waals surface area contributed by atoms with Gasteiger partial charge >= 0.3 is 12.2 Å². The summed E-state index contributed by atoms with van der Waals surface area (Å²) in [5.41, 5.74) is -0.181. The number of nitrogens with zero attached hydrogens (tertiary/aromatic N) is 5. The molecule has 150 valence electrons. The van der Waals surface area contributed by atoms with Crippen molar-refractivity contribution in [2.24, 2.45) is 0 Å². The van der Waals surface area contributed by atoms with Crippen molar-refractivity contribution < 1.29 is 18.0 Å². The predicted molar refractivity (Wildman–Crippen MR) is 101 cm³/mol. The molecule has 0 atom stereocenters. The van der Waals surface area contributed by atoms with E-state index in [1.54, 1.807) is 28.1 Å². The molecule has 1 aromatic carbocycles. The van der Waals surface area contributed by atoms with Gasteiger partial charge in [-0.05, 0) is 24.3 Å². The second-order valence-corrected chi connectivity index (χ2v) is 6.59. The molecule has 2 heterocycles. The normalized spacial score (nSPS) is 14.8. The highest BCUT2D eigenvalue weighted by molar-refractivity contribution is 5.87. The molecule has 1 fully saturated rings. The van der Waals surface area contributed by atoms with E-state index in [-0.39, 0.29) is 12.0 Å². The minimum Gasteiger partial charge on any atom is -0.368 e. The Labute approximate surface area is 160 Å². The average Bonchev–Trinajstić information content (AvgIpc) is 2.68. The van der Waals surface area contributed by atoms with Gasteiger partial charge in [0.15, 0.2) is 0 Å². The van der Waals surface area contributed by atoms with Crippen LogP contribution in [0.15, 0.2) is 36.5 Å². The first kappa shape index (κ1) is 19.7. The van der Waals surface area contributed by atoms with Crippen LogP contribution in [0.1, 0.15) is 5.56 Å². The molecule has 7 nitrogen and oxygen atoms in total. The van der Waals surface area contributed by atoms with Crippen LogP contribution in [0.4, 0.5) is 35.4 Å². The van der Waals surface area contributed by atoms with Crippen molar-refractivity contribution >= 4 is 23.5 Å². The van der Waals surface area contributed by atoms with Gasteiger partial charge < -0.3 is 14.7 Å². The van der Waals surface area contributed by atoms with Gasteiger partial charge in [-0.1, -0.05) is 6.07 Å². The van der Waals surface area contributed by atoms with Crippen LogP contribution in [-0.4, -0.2) is 61.2 Å². The smallest absolute Gasteiger partial charge is 0.368 e. The summed E-state index contributed by atoms with van der Waals surface area (Å²) in [6.45, 7) is 1.64. The number of carbonyl (C=O) groups is 1. The summed E-state index contributed by atoms with van der Waals surface area (Å²) < 4.78 is 38.7. The Kier molecular flexibility index (Phi) is 5.57. The van der Waals surface area contributed by atoms with Crippen LogP contribution in [0.25, 0.3) is 0 Å². The lowest BCUT2D eigenvalue weighted by molar-refractivity contribution is -0.137. The third-order valence-corrected chi connectivity index (χ3v) is 4.42. The number of aromatic nitrogens is 2. The summed E-state index contributed by atoms with van der Waals surface area (Å²) in [6.07, 6.45) is -2.82. The van der Waals surface area contributed by atoms with Gasteiger partial charge in [0.05, 0.1) is 5.56 Å². The lowest BCUT2D eigenvalue weighted by Gasteiger charge is -2.36. The molecule has 0 saturated carbocycles. The maximum Gasteiger partial charge on any atom is 0.416 e. The Bertz CT molecular complexity index is 834. The van der Waals surface area contributed by atoms with Crippen LogP contribution in [0, 0.1) is 0 Å². The molecule has 1 saturated heterocycles. The molecular weight excluding hydrogens is 373 g/mol. The third-order valence-electron chi connectivity index (χ3n) is 4.42. The van der Waals surface area contributed by atoms with Crippen molar-refractivity contribution in [2.75, 3.05) is 55.4 Å². The number of amides is 2. The largest absolute Gasteiger partial charge is 0.416 e. The zero-order chi connectivity index (χ0) is 20.3. The number of nitrogens with one attached hydrogen (secondary N) is 1. The molecule has 1 aliphatic rings. The summed E-state index contributed by atoms with van der Waals surface area (Å²) in [4.78, 5) is 25.9. The number of carbonyl (C=O) groups excluding carboxylic acids is 1. The molecule has 0 spiro atoms. The SMILES string of the molecule is CN(C)c1ccnc(NC(=O)N2CCN(c3cccc(C(F)(F)F)c3)CC2)n1. The quantitative estimate of drug-likeness (QED) is 0.867. The van der Waals surface area contributed by atoms with Crippen LogP contribution < -0.4 is 15.1 Å². The van der Waals surface area contributed by atoms with Crippen molar-refractivity contribution in [3.05, 3.63) is 42.1 Å². The van der Waals surface area contributed by atoms with Gasteiger partial charge in [-0.3, -0.25) is 5.32 Å². The number of benzene rings is 1. The van der Waals surface area contributed by atoms with E-state index in [2.05, 4.69) is 15.3 Å². The van der Waals surface area contributed by atoms with Crippen LogP contribution in [0.3, 0.4) is 0 Å². The van der Waals surface area contributed by atoms with Gasteiger partial charge in [-0.25, -0.2) is 9.78 Å². The second-order valence-electron chi connectivity index (χ2n) is 6.59. The van der Waals surface area contributed by atoms with E-state index in [1.165, 1.54) is 6.07 Å². The maximum atomic E-state index is 12.9. The highest BCUT2D eigenvalue weighted by Gasteiger charge is 2.31. The van der Waals surface area contributed by atoms with Gasteiger partial charge in [0.25, 0.3) is 0 Å². The zero-order valence-electron chi connectivity index (χ0n) is 15.6. The molecule has 28 heavy (non-hydrogen) atoms. The van der Waals surface area contributed by atoms with Crippen LogP contribution in [0.2, 0.25) is 0 Å². The summed E-state index contributed by atoms with van der Waals surface area (Å²) in [7, 11) is 3.67. The molecule has 0 bridgehead atoms. The van der Waals surface area contributed by atoms with E-state index in [0.29, 0.717) is 37.7 Å². The number of halogens is 3. The summed E-state index contributed by atoms with van der Waals surface area (Å²) in [5.74, 6) is 0.871. The Morgan fingerprint density at radius 3 is 2.50 bits per heavy atom. The fourth-order valence-corrected chi connectivity index (χ4v) is 2.88. The third kappa shape index (κ3) is 4.62. The maximum absolute atomic E-state index is 12.9. The van der Waals surface area contributed by atoms with E-state index in [4.69, 9.17) is 0 Å². The molecule has 2 amide bonds. The topological polar surface area (TPSA) is 64.6 Å². The Morgan fingerprint density at radius 1 is 1.14 bits per heavy atom. The van der Waals surface area contributed by atoms with Crippen LogP contribution in [0.5, 0.6) is 0 Å². The fourth-order valence-electron chi connectivity index (χ4n) is 2.88. The van der Waals surface area contributed by atoms with Crippen molar-refractivity contribution in [2.45, 2.75) is 6.18 Å². The first-order valence-corrected chi connectivity index (χ1v) is 8.72. The van der Waals surface area contributed by atoms with Gasteiger partial charge in [-0.2, -0.15) is 18.2 Å². The number of piperazine rings is 1. The molecular formula is C18H21F3N6O. The van der Waals surface area contributed by atoms with Crippen molar-refractivity contribution in [1.29, 1.82) is 0 Å². The van der Waals surface area contributed by atoms with E-state index < -0.39 is 11.7 Å². The van der Waals surface area contributed by atoms with Crippen molar-refractivity contribution in [3.63, 3.8) is 0 Å². The van der Waals surface area contributed by atoms with Gasteiger partial charge in [-0.15, -0.1) is 0 Å². The zero-order valence-corrected chi connectivity index (χ0v) is 15.6. The van der Waals surface area contributed by atoms with Crippen LogP contribution in [-0.2, 0) is 6.18 Å². The highest BCUT2D eigenvalue weighted by atomic mass is 19.4. The molecule has 1 aromatic heterocycles. The minimum atomic E-state index is -4.38. The summed E-state index contributed by atoms with van der Waals surface area (Å²) in [5, 5.41) is 2.66. The average molecular weight is 394 g/mol. The molecule has 0 unspecified atom stereocenters. The first-order valence-electron chi connectivity index (χ1n) is 8.72. The van der Waals surface area contributed by atoms with Crippen molar-refractivity contribution in [3.8, 4) is 0 Å². The van der Waals surface area contributed by atoms with E-state index >= 15 is 0 Å². The molecule has 2 aromatic rings. The monoisotopic (exact) mass is 394 g/mol. The van der Waals surface area contributed by atoms with E-state index in [1.807, 2.05) is 19.0 Å². The number of rotatable bonds is 3. The predicted octanol–water partition coefficient (Wildman–Crippen LogP) is 2.92. The van der Waals surface area contributed by atoms with E-state index in [9.17, 15) is 18.0 Å². The molecule has 3 rings (SSSR count). The van der Waals surface area contributed by atoms with Crippen LogP contribution >= 0.6 is 0 Å². The minimum absolute atomic E-state index is 0.205. The first-order chi connectivity index (χ1) is 13.2. The number of hydrogen-bond donors (Lipinski definition) is 1. The second kappa shape index (κ2) is 7.91. The number of anilines is 3. The van der Waals surface area contributed by atoms with Gasteiger partial charge in [0.1, 0.15) is 5.82 Å². The van der Waals surface area contributed by atoms with Gasteiger partial charge in [0.2, 0.25) is 5.95 Å². The fraction of sp³-hybridized carbons (Fsp3) is 0.389. The lowest BCUT2D eigenvalue weighted by Crippen LogP contribution is -2.50. The van der Waals surface area contributed by atoms with Gasteiger partial charge in [0, 0.05) is 52.2 Å². The molecule has 1 N–H and O–H groups in total. The molecule has 0 aliphatic carbocycles. The number of urea groups is 1. The van der Waals surface area contributed by atoms with Crippen molar-refractivity contribution in [1.82, 2.24) is 14.9 Å². The number of alkyl halides is 3.